The molecule has 0 spiro atoms. The summed E-state index contributed by atoms with van der Waals surface area (Å²) in [6, 6.07) is 9.20. The molecule has 4 aliphatic heterocycles. The zero-order chi connectivity index (χ0) is 44.5. The molecule has 63 heavy (non-hydrogen) atoms. The number of Topliss-reactive ketones (excluding diaryl/α,β-unsaturated/α-hetero) is 2. The van der Waals surface area contributed by atoms with Crippen LogP contribution in [0.15, 0.2) is 41.3 Å². The first-order valence-electron chi connectivity index (χ1n) is 22.1. The Balaban J connectivity index is 0.780. The summed E-state index contributed by atoms with van der Waals surface area (Å²) in [5.41, 5.74) is 5.83. The van der Waals surface area contributed by atoms with Crippen molar-refractivity contribution in [3.8, 4) is 22.6 Å². The SMILES string of the molecule is COc1cc(-c2cn(C)c(=O)c3c2CCN(C(=O)NCCN2CCC(OCC4CCN(c5ccc6c(c5)C(=O)C(C5CCC(=O)NC5=O)C6=O)CC4)C2)C3)cc(OC)c1CN(C)C. The molecule has 16 nitrogen and oxygen atoms in total. The fraction of sp³-hybridized carbons (Fsp3) is 0.532. The lowest BCUT2D eigenvalue weighted by molar-refractivity contribution is -0.137. The number of methoxy groups -OCH3 is 2. The minimum Gasteiger partial charge on any atom is -0.496 e. The zero-order valence-electron chi connectivity index (χ0n) is 37.0. The van der Waals surface area contributed by atoms with Gasteiger partial charge in [-0.05, 0) is 93.6 Å². The third kappa shape index (κ3) is 9.11. The number of nitrogens with one attached hydrogen (secondary N) is 2. The summed E-state index contributed by atoms with van der Waals surface area (Å²) in [6.07, 6.45) is 5.67. The van der Waals surface area contributed by atoms with Crippen LogP contribution in [0, 0.1) is 17.8 Å². The third-order valence-corrected chi connectivity index (χ3v) is 13.5. The fourth-order valence-corrected chi connectivity index (χ4v) is 10.0. The van der Waals surface area contributed by atoms with Crippen molar-refractivity contribution in [1.82, 2.24) is 29.9 Å². The number of carbonyl (C=O) groups is 5. The number of benzene rings is 2. The molecule has 2 aromatic carbocycles. The van der Waals surface area contributed by atoms with E-state index in [1.807, 2.05) is 38.5 Å². The summed E-state index contributed by atoms with van der Waals surface area (Å²) in [7, 11) is 9.02. The van der Waals surface area contributed by atoms with Crippen LogP contribution in [0.1, 0.15) is 69.5 Å². The van der Waals surface area contributed by atoms with Gasteiger partial charge in [-0.1, -0.05) is 0 Å². The van der Waals surface area contributed by atoms with E-state index in [2.05, 4.69) is 25.3 Å². The lowest BCUT2D eigenvalue weighted by Gasteiger charge is -2.34. The summed E-state index contributed by atoms with van der Waals surface area (Å²) in [6.45, 7) is 6.54. The van der Waals surface area contributed by atoms with E-state index < -0.39 is 17.7 Å². The van der Waals surface area contributed by atoms with Crippen LogP contribution in [0.3, 0.4) is 0 Å². The number of fused-ring (bicyclic) bond motifs is 2. The number of ether oxygens (including phenoxy) is 3. The molecule has 3 aromatic rings. The minimum absolute atomic E-state index is 0.110. The van der Waals surface area contributed by atoms with Crippen LogP contribution in [0.4, 0.5) is 10.5 Å². The second-order valence-electron chi connectivity index (χ2n) is 17.9. The highest BCUT2D eigenvalue weighted by Crippen LogP contribution is 2.39. The van der Waals surface area contributed by atoms with Crippen molar-refractivity contribution in [2.24, 2.45) is 24.8 Å². The van der Waals surface area contributed by atoms with Gasteiger partial charge in [-0.25, -0.2) is 4.79 Å². The van der Waals surface area contributed by atoms with Gasteiger partial charge in [-0.2, -0.15) is 0 Å². The molecule has 1 aliphatic carbocycles. The number of urea groups is 1. The number of aromatic nitrogens is 1. The summed E-state index contributed by atoms with van der Waals surface area (Å²) in [4.78, 5) is 85.9. The first kappa shape index (κ1) is 44.0. The standard InChI is InChI=1S/C47H59N7O9/c1-50(2)24-38-39(61-4)20-29(21-40(38)62-5)36-25-51(3)46(59)37-26-54(18-13-32(36)37)47(60)48-14-19-52-15-12-31(23-52)63-27-28-10-16-53(17-11-28)30-6-7-33-35(22-30)44(57)42(43(33)56)34-8-9-41(55)49-45(34)58/h6-7,20-22,25,28,31,34,42H,8-19,23-24,26-27H2,1-5H3,(H,48,60)(H,49,55,58). The van der Waals surface area contributed by atoms with Crippen molar-refractivity contribution in [2.45, 2.75) is 57.7 Å². The highest BCUT2D eigenvalue weighted by atomic mass is 16.5. The molecule has 16 heteroatoms. The van der Waals surface area contributed by atoms with Gasteiger partial charge >= 0.3 is 6.03 Å². The number of carbonyl (C=O) groups excluding carboxylic acids is 5. The van der Waals surface area contributed by atoms with E-state index in [-0.39, 0.29) is 54.6 Å². The molecule has 5 aliphatic rings. The van der Waals surface area contributed by atoms with Gasteiger partial charge in [-0.3, -0.25) is 34.2 Å². The quantitative estimate of drug-likeness (QED) is 0.190. The Morgan fingerprint density at radius 2 is 1.59 bits per heavy atom. The Kier molecular flexibility index (Phi) is 13.0. The monoisotopic (exact) mass is 865 g/mol. The molecule has 5 heterocycles. The Labute approximate surface area is 367 Å². The number of anilines is 1. The minimum atomic E-state index is -1.07. The average Bonchev–Trinajstić information content (AvgIpc) is 3.84. The van der Waals surface area contributed by atoms with Crippen LogP contribution < -0.4 is 30.6 Å². The van der Waals surface area contributed by atoms with Gasteiger partial charge in [0.25, 0.3) is 5.56 Å². The number of piperidine rings is 2. The number of aryl methyl sites for hydroxylation is 1. The number of hydrogen-bond acceptors (Lipinski definition) is 12. The average molecular weight is 866 g/mol. The predicted molar refractivity (Wildman–Crippen MR) is 235 cm³/mol. The number of nitrogens with zero attached hydrogens (tertiary/aromatic N) is 5. The number of hydrogen-bond donors (Lipinski definition) is 2. The summed E-state index contributed by atoms with van der Waals surface area (Å²) >= 11 is 0. The van der Waals surface area contributed by atoms with E-state index in [0.717, 1.165) is 73.4 Å². The molecule has 0 bridgehead atoms. The third-order valence-electron chi connectivity index (χ3n) is 13.5. The van der Waals surface area contributed by atoms with Gasteiger partial charge in [0.1, 0.15) is 11.5 Å². The van der Waals surface area contributed by atoms with Crippen molar-refractivity contribution < 1.29 is 38.2 Å². The molecule has 3 unspecified atom stereocenters. The summed E-state index contributed by atoms with van der Waals surface area (Å²) < 4.78 is 19.6. The zero-order valence-corrected chi connectivity index (χ0v) is 37.0. The Morgan fingerprint density at radius 3 is 2.29 bits per heavy atom. The van der Waals surface area contributed by atoms with E-state index in [9.17, 15) is 28.8 Å². The molecule has 2 N–H and O–H groups in total. The second kappa shape index (κ2) is 18.6. The number of amides is 4. The Hall–Kier alpha value is -5.58. The van der Waals surface area contributed by atoms with E-state index in [1.165, 1.54) is 0 Å². The van der Waals surface area contributed by atoms with E-state index in [0.29, 0.717) is 73.3 Å². The molecule has 3 saturated heterocycles. The van der Waals surface area contributed by atoms with E-state index >= 15 is 0 Å². The van der Waals surface area contributed by atoms with Crippen molar-refractivity contribution in [3.05, 3.63) is 74.7 Å². The summed E-state index contributed by atoms with van der Waals surface area (Å²) in [5, 5.41) is 5.37. The van der Waals surface area contributed by atoms with Crippen LogP contribution in [-0.4, -0.2) is 136 Å². The largest absolute Gasteiger partial charge is 0.496 e. The lowest BCUT2D eigenvalue weighted by Crippen LogP contribution is -2.46. The smallest absolute Gasteiger partial charge is 0.317 e. The maximum absolute atomic E-state index is 13.4. The predicted octanol–water partition coefficient (Wildman–Crippen LogP) is 3.25. The van der Waals surface area contributed by atoms with Crippen molar-refractivity contribution in [1.29, 1.82) is 0 Å². The Morgan fingerprint density at radius 1 is 0.857 bits per heavy atom. The molecule has 0 radical (unpaired) electrons. The molecule has 4 amide bonds. The fourth-order valence-electron chi connectivity index (χ4n) is 10.0. The van der Waals surface area contributed by atoms with Crippen LogP contribution in [0.5, 0.6) is 11.5 Å². The second-order valence-corrected chi connectivity index (χ2v) is 17.9. The highest BCUT2D eigenvalue weighted by molar-refractivity contribution is 6.28. The first-order chi connectivity index (χ1) is 30.3. The van der Waals surface area contributed by atoms with Gasteiger partial charge in [0.05, 0.1) is 44.3 Å². The molecular weight excluding hydrogens is 807 g/mol. The molecule has 1 aromatic heterocycles. The van der Waals surface area contributed by atoms with Gasteiger partial charge in [0.2, 0.25) is 11.8 Å². The molecule has 3 fully saturated rings. The number of imide groups is 1. The molecule has 336 valence electrons. The van der Waals surface area contributed by atoms with Crippen LogP contribution in [0.25, 0.3) is 11.1 Å². The van der Waals surface area contributed by atoms with Crippen molar-refractivity contribution >= 4 is 35.1 Å². The van der Waals surface area contributed by atoms with Crippen molar-refractivity contribution in [3.63, 3.8) is 0 Å². The lowest BCUT2D eigenvalue weighted by atomic mass is 9.82. The number of pyridine rings is 1. The van der Waals surface area contributed by atoms with Crippen molar-refractivity contribution in [2.75, 3.05) is 85.6 Å². The molecule has 8 rings (SSSR count). The van der Waals surface area contributed by atoms with Gasteiger partial charge < -0.3 is 38.8 Å². The van der Waals surface area contributed by atoms with Gasteiger partial charge in [0.15, 0.2) is 11.6 Å². The normalized spacial score (nSPS) is 21.8. The first-order valence-corrected chi connectivity index (χ1v) is 22.1. The highest BCUT2D eigenvalue weighted by Gasteiger charge is 2.47. The molecular formula is C47H59N7O9. The van der Waals surface area contributed by atoms with Gasteiger partial charge in [0, 0.05) is 107 Å². The Bertz CT molecular complexity index is 2330. The number of rotatable bonds is 13. The molecule has 3 atom stereocenters. The maximum atomic E-state index is 13.4. The van der Waals surface area contributed by atoms with E-state index in [4.69, 9.17) is 14.2 Å². The maximum Gasteiger partial charge on any atom is 0.317 e. The van der Waals surface area contributed by atoms with Crippen LogP contribution in [-0.2, 0) is 40.9 Å². The van der Waals surface area contributed by atoms with Gasteiger partial charge in [-0.15, -0.1) is 0 Å². The summed E-state index contributed by atoms with van der Waals surface area (Å²) in [5.74, 6) is -1.63. The molecule has 0 saturated carbocycles. The van der Waals surface area contributed by atoms with Crippen LogP contribution >= 0.6 is 0 Å². The van der Waals surface area contributed by atoms with E-state index in [1.54, 1.807) is 42.9 Å². The number of ketones is 2. The topological polar surface area (TPSA) is 172 Å². The van der Waals surface area contributed by atoms with Crippen LogP contribution in [0.2, 0.25) is 0 Å². The number of likely N-dealkylation sites (tertiary alicyclic amines) is 1.